The van der Waals surface area contributed by atoms with Crippen molar-refractivity contribution in [2.45, 2.75) is 52.9 Å². The molecule has 4 rings (SSSR count). The summed E-state index contributed by atoms with van der Waals surface area (Å²) in [5.74, 6) is 2.03. The van der Waals surface area contributed by atoms with E-state index < -0.39 is 0 Å². The number of nitriles is 1. The second-order valence-electron chi connectivity index (χ2n) is 10.1. The van der Waals surface area contributed by atoms with E-state index in [-0.39, 0.29) is 5.91 Å². The van der Waals surface area contributed by atoms with Gasteiger partial charge in [-0.1, -0.05) is 44.2 Å². The number of piperidine rings is 1. The van der Waals surface area contributed by atoms with Crippen LogP contribution in [0.4, 0.5) is 0 Å². The Hall–Kier alpha value is -3.65. The van der Waals surface area contributed by atoms with Gasteiger partial charge in [0.25, 0.3) is 0 Å². The number of ether oxygens (including phenoxy) is 1. The summed E-state index contributed by atoms with van der Waals surface area (Å²) in [4.78, 5) is 19.9. The minimum atomic E-state index is 0.186. The molecule has 3 aromatic rings. The zero-order chi connectivity index (χ0) is 26.4. The molecule has 1 fully saturated rings. The lowest BCUT2D eigenvalue weighted by Crippen LogP contribution is -2.39. The molecule has 1 saturated heterocycles. The third-order valence-corrected chi connectivity index (χ3v) is 7.73. The number of aromatic nitrogens is 1. The number of likely N-dealkylation sites (tertiary alicyclic amines) is 1. The Kier molecular flexibility index (Phi) is 8.61. The van der Waals surface area contributed by atoms with Crippen LogP contribution < -0.4 is 4.74 Å². The highest BCUT2D eigenvalue weighted by Crippen LogP contribution is 2.36. The molecule has 1 aromatic heterocycles. The van der Waals surface area contributed by atoms with Gasteiger partial charge >= 0.3 is 0 Å². The number of hydrogen-bond acceptors (Lipinski definition) is 4. The van der Waals surface area contributed by atoms with Crippen molar-refractivity contribution in [1.82, 2.24) is 9.88 Å². The molecular weight excluding hydrogens is 458 g/mol. The fourth-order valence-corrected chi connectivity index (χ4v) is 5.43. The maximum Gasteiger partial charge on any atom is 0.249 e. The van der Waals surface area contributed by atoms with Crippen molar-refractivity contribution in [3.05, 3.63) is 71.4 Å². The number of amides is 1. The number of benzene rings is 2. The number of carbonyl (C=O) groups is 1. The van der Waals surface area contributed by atoms with Crippen LogP contribution in [0.25, 0.3) is 22.0 Å². The number of hydrogen-bond donors (Lipinski definition) is 0. The predicted octanol–water partition coefficient (Wildman–Crippen LogP) is 6.95. The molecule has 2 heterocycles. The van der Waals surface area contributed by atoms with Crippen LogP contribution in [0.5, 0.6) is 5.75 Å². The van der Waals surface area contributed by atoms with Crippen LogP contribution in [0.3, 0.4) is 0 Å². The van der Waals surface area contributed by atoms with E-state index >= 15 is 0 Å². The summed E-state index contributed by atoms with van der Waals surface area (Å²) in [5, 5.41) is 10.1. The van der Waals surface area contributed by atoms with Crippen molar-refractivity contribution >= 4 is 16.8 Å². The highest BCUT2D eigenvalue weighted by molar-refractivity contribution is 5.97. The Morgan fingerprint density at radius 1 is 1.16 bits per heavy atom. The lowest BCUT2D eigenvalue weighted by atomic mass is 9.89. The molecule has 192 valence electrons. The van der Waals surface area contributed by atoms with Crippen LogP contribution in [0.15, 0.2) is 60.3 Å². The maximum atomic E-state index is 13.0. The minimum absolute atomic E-state index is 0.186. The van der Waals surface area contributed by atoms with E-state index in [4.69, 9.17) is 15.0 Å². The normalized spacial score (nSPS) is 14.7. The molecule has 0 spiro atoms. The van der Waals surface area contributed by atoms with E-state index in [1.54, 1.807) is 7.11 Å². The lowest BCUT2D eigenvalue weighted by molar-refractivity contribution is -0.128. The molecule has 0 saturated carbocycles. The molecule has 0 bridgehead atoms. The molecular formula is C32H37N3O2. The SMILES string of the molecule is CCC(/C=C(/C)C(=O)N1CCC(Cc2cnc3c(-c4ccc(C#N)cc4)cccc3c2OC)CC1)CC. The van der Waals surface area contributed by atoms with Gasteiger partial charge in [-0.3, -0.25) is 9.78 Å². The Morgan fingerprint density at radius 3 is 2.49 bits per heavy atom. The summed E-state index contributed by atoms with van der Waals surface area (Å²) >= 11 is 0. The van der Waals surface area contributed by atoms with Crippen molar-refractivity contribution in [2.75, 3.05) is 20.2 Å². The highest BCUT2D eigenvalue weighted by Gasteiger charge is 2.25. The molecule has 37 heavy (non-hydrogen) atoms. The fourth-order valence-electron chi connectivity index (χ4n) is 5.43. The number of rotatable bonds is 8. The summed E-state index contributed by atoms with van der Waals surface area (Å²) in [7, 11) is 1.73. The van der Waals surface area contributed by atoms with Crippen LogP contribution in [-0.2, 0) is 11.2 Å². The number of nitrogens with zero attached hydrogens (tertiary/aromatic N) is 3. The molecule has 0 unspecified atom stereocenters. The number of para-hydroxylation sites is 1. The Labute approximate surface area is 220 Å². The van der Waals surface area contributed by atoms with Crippen molar-refractivity contribution in [3.8, 4) is 22.9 Å². The molecule has 1 aliphatic rings. The van der Waals surface area contributed by atoms with Gasteiger partial charge in [0.1, 0.15) is 5.75 Å². The quantitative estimate of drug-likeness (QED) is 0.317. The smallest absolute Gasteiger partial charge is 0.249 e. The molecule has 2 aromatic carbocycles. The molecule has 0 atom stereocenters. The molecule has 1 aliphatic heterocycles. The zero-order valence-electron chi connectivity index (χ0n) is 22.5. The second-order valence-corrected chi connectivity index (χ2v) is 10.1. The summed E-state index contributed by atoms with van der Waals surface area (Å²) in [6.45, 7) is 7.91. The van der Waals surface area contributed by atoms with Gasteiger partial charge in [-0.2, -0.15) is 5.26 Å². The van der Waals surface area contributed by atoms with Gasteiger partial charge in [-0.25, -0.2) is 0 Å². The summed E-state index contributed by atoms with van der Waals surface area (Å²) in [6.07, 6.45) is 9.10. The van der Waals surface area contributed by atoms with Crippen LogP contribution in [0.2, 0.25) is 0 Å². The molecule has 0 radical (unpaired) electrons. The van der Waals surface area contributed by atoms with Gasteiger partial charge in [0.05, 0.1) is 24.3 Å². The predicted molar refractivity (Wildman–Crippen MR) is 149 cm³/mol. The highest BCUT2D eigenvalue weighted by atomic mass is 16.5. The molecule has 0 N–H and O–H groups in total. The fraction of sp³-hybridized carbons (Fsp3) is 0.406. The van der Waals surface area contributed by atoms with E-state index in [0.29, 0.717) is 17.4 Å². The summed E-state index contributed by atoms with van der Waals surface area (Å²) < 4.78 is 5.92. The topological polar surface area (TPSA) is 66.2 Å². The zero-order valence-corrected chi connectivity index (χ0v) is 22.5. The number of fused-ring (bicyclic) bond motifs is 1. The van der Waals surface area contributed by atoms with Gasteiger partial charge in [-0.05, 0) is 74.6 Å². The van der Waals surface area contributed by atoms with Gasteiger partial charge in [0.2, 0.25) is 5.91 Å². The van der Waals surface area contributed by atoms with Crippen LogP contribution in [0.1, 0.15) is 57.6 Å². The number of allylic oxidation sites excluding steroid dienone is 1. The third-order valence-electron chi connectivity index (χ3n) is 7.73. The molecule has 0 aliphatic carbocycles. The lowest BCUT2D eigenvalue weighted by Gasteiger charge is -2.32. The van der Waals surface area contributed by atoms with Gasteiger partial charge in [0.15, 0.2) is 0 Å². The van der Waals surface area contributed by atoms with Gasteiger partial charge in [-0.15, -0.1) is 0 Å². The number of carbonyl (C=O) groups excluding carboxylic acids is 1. The van der Waals surface area contributed by atoms with Crippen molar-refractivity contribution in [1.29, 1.82) is 5.26 Å². The molecule has 5 nitrogen and oxygen atoms in total. The van der Waals surface area contributed by atoms with E-state index in [9.17, 15) is 4.79 Å². The van der Waals surface area contributed by atoms with Gasteiger partial charge < -0.3 is 9.64 Å². The van der Waals surface area contributed by atoms with Gasteiger partial charge in [0, 0.05) is 41.4 Å². The first kappa shape index (κ1) is 26.4. The van der Waals surface area contributed by atoms with Crippen molar-refractivity contribution < 1.29 is 9.53 Å². The van der Waals surface area contributed by atoms with E-state index in [2.05, 4.69) is 38.1 Å². The first-order valence-electron chi connectivity index (χ1n) is 13.4. The minimum Gasteiger partial charge on any atom is -0.496 e. The second kappa shape index (κ2) is 12.1. The summed E-state index contributed by atoms with van der Waals surface area (Å²) in [5.41, 5.74) is 5.58. The Bertz CT molecular complexity index is 1310. The standard InChI is InChI=1S/C32H37N3O2/c1-5-23(6-2)18-22(3)32(36)35-16-14-24(15-17-35)19-27-21-34-30-28(8-7-9-29(30)31(27)37-4)26-12-10-25(20-33)11-13-26/h7-13,18,21,23-24H,5-6,14-17,19H2,1-4H3/b22-18-. The average Bonchev–Trinajstić information content (AvgIpc) is 2.95. The molecule has 5 heteroatoms. The molecule has 1 amide bonds. The number of methoxy groups -OCH3 is 1. The van der Waals surface area contributed by atoms with Crippen LogP contribution in [0, 0.1) is 23.2 Å². The van der Waals surface area contributed by atoms with Crippen LogP contribution in [-0.4, -0.2) is 36.0 Å². The monoisotopic (exact) mass is 495 g/mol. The van der Waals surface area contributed by atoms with E-state index in [1.165, 1.54) is 0 Å². The first-order chi connectivity index (χ1) is 18.0. The van der Waals surface area contributed by atoms with Crippen LogP contribution >= 0.6 is 0 Å². The largest absolute Gasteiger partial charge is 0.496 e. The van der Waals surface area contributed by atoms with Crippen molar-refractivity contribution in [2.24, 2.45) is 11.8 Å². The Morgan fingerprint density at radius 2 is 1.86 bits per heavy atom. The van der Waals surface area contributed by atoms with Crippen molar-refractivity contribution in [3.63, 3.8) is 0 Å². The first-order valence-corrected chi connectivity index (χ1v) is 13.4. The third kappa shape index (κ3) is 5.85. The number of pyridine rings is 1. The maximum absolute atomic E-state index is 13.0. The van der Waals surface area contributed by atoms with E-state index in [0.717, 1.165) is 84.1 Å². The Balaban J connectivity index is 1.49. The summed E-state index contributed by atoms with van der Waals surface area (Å²) in [6, 6.07) is 15.9. The van der Waals surface area contributed by atoms with E-state index in [1.807, 2.05) is 48.4 Å². The average molecular weight is 496 g/mol.